The van der Waals surface area contributed by atoms with E-state index in [1.165, 1.54) is 6.07 Å². The van der Waals surface area contributed by atoms with Crippen LogP contribution in [0.5, 0.6) is 0 Å². The van der Waals surface area contributed by atoms with E-state index in [4.69, 9.17) is 0 Å². The molecule has 19 heavy (non-hydrogen) atoms. The average Bonchev–Trinajstić information content (AvgIpc) is 2.35. The molecule has 2 aromatic rings. The van der Waals surface area contributed by atoms with E-state index in [0.29, 0.717) is 17.8 Å². The van der Waals surface area contributed by atoms with Gasteiger partial charge in [0, 0.05) is 23.9 Å². The van der Waals surface area contributed by atoms with Gasteiger partial charge < -0.3 is 10.3 Å². The number of hydrogen-bond acceptors (Lipinski definition) is 2. The summed E-state index contributed by atoms with van der Waals surface area (Å²) < 4.78 is 0. The van der Waals surface area contributed by atoms with Crippen molar-refractivity contribution in [1.82, 2.24) is 10.3 Å². The van der Waals surface area contributed by atoms with E-state index in [0.717, 1.165) is 11.1 Å². The Morgan fingerprint density at radius 1 is 1.21 bits per heavy atom. The summed E-state index contributed by atoms with van der Waals surface area (Å²) in [6, 6.07) is 10.9. The Bertz CT molecular complexity index is 659. The molecule has 0 bridgehead atoms. The molecule has 0 atom stereocenters. The predicted molar refractivity (Wildman–Crippen MR) is 74.1 cm³/mol. The molecule has 0 fully saturated rings. The highest BCUT2D eigenvalue weighted by molar-refractivity contribution is 5.94. The molecule has 0 saturated carbocycles. The molecule has 1 amide bonds. The Labute approximate surface area is 111 Å². The summed E-state index contributed by atoms with van der Waals surface area (Å²) in [5.74, 6) is -0.240. The highest BCUT2D eigenvalue weighted by Crippen LogP contribution is 2.04. The van der Waals surface area contributed by atoms with Gasteiger partial charge in [0.05, 0.1) is 0 Å². The molecule has 4 nitrogen and oxygen atoms in total. The number of carbonyl (C=O) groups is 1. The Kier molecular flexibility index (Phi) is 3.80. The van der Waals surface area contributed by atoms with Crippen LogP contribution in [-0.4, -0.2) is 10.9 Å². The lowest BCUT2D eigenvalue weighted by atomic mass is 10.1. The number of amides is 1. The summed E-state index contributed by atoms with van der Waals surface area (Å²) in [6.07, 6.45) is 0. The molecule has 0 aliphatic heterocycles. The Hall–Kier alpha value is -2.36. The minimum absolute atomic E-state index is 0.240. The quantitative estimate of drug-likeness (QED) is 0.881. The number of hydrogen-bond donors (Lipinski definition) is 2. The first kappa shape index (κ1) is 13.1. The van der Waals surface area contributed by atoms with Gasteiger partial charge in [-0.2, -0.15) is 0 Å². The molecule has 2 N–H and O–H groups in total. The zero-order chi connectivity index (χ0) is 13.8. The van der Waals surface area contributed by atoms with Crippen LogP contribution in [0, 0.1) is 13.8 Å². The van der Waals surface area contributed by atoms with E-state index in [1.54, 1.807) is 13.0 Å². The zero-order valence-electron chi connectivity index (χ0n) is 11.0. The third-order valence-electron chi connectivity index (χ3n) is 2.78. The summed E-state index contributed by atoms with van der Waals surface area (Å²) in [7, 11) is 0. The van der Waals surface area contributed by atoms with E-state index in [1.807, 2.05) is 31.2 Å². The van der Waals surface area contributed by atoms with Crippen molar-refractivity contribution in [3.63, 3.8) is 0 Å². The first-order chi connectivity index (χ1) is 9.04. The molecule has 1 heterocycles. The average molecular weight is 256 g/mol. The second kappa shape index (κ2) is 5.52. The Morgan fingerprint density at radius 3 is 2.68 bits per heavy atom. The fraction of sp³-hybridized carbons (Fsp3) is 0.200. The van der Waals surface area contributed by atoms with Crippen molar-refractivity contribution in [1.29, 1.82) is 0 Å². The van der Waals surface area contributed by atoms with Crippen molar-refractivity contribution in [3.8, 4) is 0 Å². The van der Waals surface area contributed by atoms with Gasteiger partial charge in [0.2, 0.25) is 5.56 Å². The molecule has 2 rings (SSSR count). The van der Waals surface area contributed by atoms with Crippen LogP contribution in [0.1, 0.15) is 27.2 Å². The van der Waals surface area contributed by atoms with Crippen molar-refractivity contribution in [2.24, 2.45) is 0 Å². The molecule has 4 heteroatoms. The molecule has 0 aliphatic carbocycles. The fourth-order valence-corrected chi connectivity index (χ4v) is 1.92. The first-order valence-electron chi connectivity index (χ1n) is 6.09. The topological polar surface area (TPSA) is 62.0 Å². The standard InChI is InChI=1S/C15H16N2O2/c1-10-4-3-5-12(6-10)9-16-15(19)13-7-11(2)17-14(18)8-13/h3-8H,9H2,1-2H3,(H,16,19)(H,17,18). The fourth-order valence-electron chi connectivity index (χ4n) is 1.92. The van der Waals surface area contributed by atoms with Gasteiger partial charge in [0.1, 0.15) is 0 Å². The van der Waals surface area contributed by atoms with Crippen LogP contribution in [0.15, 0.2) is 41.2 Å². The second-order valence-electron chi connectivity index (χ2n) is 4.59. The number of H-pyrrole nitrogens is 1. The molecule has 0 radical (unpaired) electrons. The summed E-state index contributed by atoms with van der Waals surface area (Å²) in [4.78, 5) is 25.9. The van der Waals surface area contributed by atoms with E-state index >= 15 is 0 Å². The van der Waals surface area contributed by atoms with E-state index < -0.39 is 0 Å². The van der Waals surface area contributed by atoms with Gasteiger partial charge in [-0.25, -0.2) is 0 Å². The molecule has 0 aliphatic rings. The summed E-state index contributed by atoms with van der Waals surface area (Å²) in [5, 5.41) is 2.81. The maximum atomic E-state index is 11.9. The predicted octanol–water partition coefficient (Wildman–Crippen LogP) is 1.92. The Morgan fingerprint density at radius 2 is 2.00 bits per heavy atom. The zero-order valence-corrected chi connectivity index (χ0v) is 11.0. The van der Waals surface area contributed by atoms with Gasteiger partial charge in [-0.3, -0.25) is 9.59 Å². The highest BCUT2D eigenvalue weighted by atomic mass is 16.2. The summed E-state index contributed by atoms with van der Waals surface area (Å²) >= 11 is 0. The Balaban J connectivity index is 2.07. The normalized spacial score (nSPS) is 10.2. The van der Waals surface area contributed by atoms with Gasteiger partial charge in [0.25, 0.3) is 5.91 Å². The number of aryl methyl sites for hydroxylation is 2. The van der Waals surface area contributed by atoms with Crippen LogP contribution in [0.25, 0.3) is 0 Å². The molecule has 0 saturated heterocycles. The van der Waals surface area contributed by atoms with Crippen LogP contribution in [0.3, 0.4) is 0 Å². The molecular formula is C15H16N2O2. The van der Waals surface area contributed by atoms with Crippen molar-refractivity contribution >= 4 is 5.91 Å². The van der Waals surface area contributed by atoms with Gasteiger partial charge in [-0.05, 0) is 25.5 Å². The maximum absolute atomic E-state index is 11.9. The summed E-state index contributed by atoms with van der Waals surface area (Å²) in [5.41, 5.74) is 2.98. The second-order valence-corrected chi connectivity index (χ2v) is 4.59. The monoisotopic (exact) mass is 256 g/mol. The maximum Gasteiger partial charge on any atom is 0.251 e. The molecule has 1 aromatic heterocycles. The number of nitrogens with one attached hydrogen (secondary N) is 2. The molecular weight excluding hydrogens is 240 g/mol. The number of carbonyl (C=O) groups excluding carboxylic acids is 1. The lowest BCUT2D eigenvalue weighted by Crippen LogP contribution is -2.24. The number of rotatable bonds is 3. The smallest absolute Gasteiger partial charge is 0.251 e. The number of aromatic amines is 1. The third-order valence-corrected chi connectivity index (χ3v) is 2.78. The third kappa shape index (κ3) is 3.55. The van der Waals surface area contributed by atoms with Gasteiger partial charge in [-0.15, -0.1) is 0 Å². The van der Waals surface area contributed by atoms with Crippen molar-refractivity contribution in [3.05, 3.63) is 69.1 Å². The van der Waals surface area contributed by atoms with E-state index in [9.17, 15) is 9.59 Å². The highest BCUT2D eigenvalue weighted by Gasteiger charge is 2.06. The van der Waals surface area contributed by atoms with Crippen LogP contribution < -0.4 is 10.9 Å². The van der Waals surface area contributed by atoms with Crippen molar-refractivity contribution in [2.45, 2.75) is 20.4 Å². The minimum Gasteiger partial charge on any atom is -0.348 e. The first-order valence-corrected chi connectivity index (χ1v) is 6.09. The van der Waals surface area contributed by atoms with Crippen LogP contribution in [-0.2, 0) is 6.54 Å². The molecule has 98 valence electrons. The van der Waals surface area contributed by atoms with Crippen molar-refractivity contribution < 1.29 is 4.79 Å². The van der Waals surface area contributed by atoms with Crippen LogP contribution in [0.4, 0.5) is 0 Å². The summed E-state index contributed by atoms with van der Waals surface area (Å²) in [6.45, 7) is 4.20. The van der Waals surface area contributed by atoms with Gasteiger partial charge in [0.15, 0.2) is 0 Å². The largest absolute Gasteiger partial charge is 0.348 e. The van der Waals surface area contributed by atoms with Gasteiger partial charge >= 0.3 is 0 Å². The van der Waals surface area contributed by atoms with Crippen LogP contribution >= 0.6 is 0 Å². The molecule has 0 unspecified atom stereocenters. The lowest BCUT2D eigenvalue weighted by Gasteiger charge is -2.06. The van der Waals surface area contributed by atoms with Crippen molar-refractivity contribution in [2.75, 3.05) is 0 Å². The molecule has 1 aromatic carbocycles. The van der Waals surface area contributed by atoms with E-state index in [2.05, 4.69) is 10.3 Å². The minimum atomic E-state index is -0.263. The van der Waals surface area contributed by atoms with Crippen LogP contribution in [0.2, 0.25) is 0 Å². The number of benzene rings is 1. The SMILES string of the molecule is Cc1cccc(CNC(=O)c2cc(C)[nH]c(=O)c2)c1. The van der Waals surface area contributed by atoms with Gasteiger partial charge in [-0.1, -0.05) is 29.8 Å². The lowest BCUT2D eigenvalue weighted by molar-refractivity contribution is 0.0950. The number of pyridine rings is 1. The van der Waals surface area contributed by atoms with E-state index in [-0.39, 0.29) is 11.5 Å². The number of aromatic nitrogens is 1. The molecule has 0 spiro atoms.